The molecule has 0 amide bonds. The van der Waals surface area contributed by atoms with Gasteiger partial charge in [-0.25, -0.2) is 0 Å². The summed E-state index contributed by atoms with van der Waals surface area (Å²) in [6, 6.07) is 0. The first-order chi connectivity index (χ1) is 4.50. The van der Waals surface area contributed by atoms with E-state index in [1.54, 1.807) is 6.08 Å². The second-order valence-electron chi connectivity index (χ2n) is 2.66. The van der Waals surface area contributed by atoms with Gasteiger partial charge in [0.05, 0.1) is 0 Å². The first-order valence-corrected chi connectivity index (χ1v) is 3.35. The van der Waals surface area contributed by atoms with Gasteiger partial charge in [-0.1, -0.05) is 6.08 Å². The molecule has 0 spiro atoms. The topological polar surface area (TPSA) is 37.3 Å². The lowest BCUT2D eigenvalue weighted by molar-refractivity contribution is -0.133. The molecule has 58 valence electrons. The highest BCUT2D eigenvalue weighted by atomic mass is 16.3. The molecule has 1 atom stereocenters. The SMILES string of the molecule is C=CCCC(C)(O)C(C)=O. The Kier molecular flexibility index (Phi) is 3.30. The molecule has 2 heteroatoms. The van der Waals surface area contributed by atoms with Crippen LogP contribution in [0.4, 0.5) is 0 Å². The summed E-state index contributed by atoms with van der Waals surface area (Å²) in [5.74, 6) is -0.186. The Morgan fingerprint density at radius 2 is 2.30 bits per heavy atom. The molecule has 0 heterocycles. The van der Waals surface area contributed by atoms with Crippen molar-refractivity contribution in [2.24, 2.45) is 0 Å². The molecule has 0 aliphatic rings. The predicted molar refractivity (Wildman–Crippen MR) is 40.7 cm³/mol. The Hall–Kier alpha value is -0.630. The Bertz CT molecular complexity index is 136. The van der Waals surface area contributed by atoms with E-state index < -0.39 is 5.60 Å². The van der Waals surface area contributed by atoms with Crippen molar-refractivity contribution in [1.29, 1.82) is 0 Å². The summed E-state index contributed by atoms with van der Waals surface area (Å²) in [5.41, 5.74) is -1.16. The summed E-state index contributed by atoms with van der Waals surface area (Å²) >= 11 is 0. The molecule has 0 aliphatic carbocycles. The van der Waals surface area contributed by atoms with Crippen molar-refractivity contribution in [2.75, 3.05) is 0 Å². The lowest BCUT2D eigenvalue weighted by Gasteiger charge is -2.17. The molecule has 0 radical (unpaired) electrons. The van der Waals surface area contributed by atoms with Gasteiger partial charge in [-0.3, -0.25) is 4.79 Å². The molecule has 0 aliphatic heterocycles. The highest BCUT2D eigenvalue weighted by Crippen LogP contribution is 2.12. The van der Waals surface area contributed by atoms with Gasteiger partial charge < -0.3 is 5.11 Å². The van der Waals surface area contributed by atoms with E-state index in [0.717, 1.165) is 0 Å². The van der Waals surface area contributed by atoms with Crippen LogP contribution in [0, 0.1) is 0 Å². The molecule has 1 unspecified atom stereocenters. The van der Waals surface area contributed by atoms with Crippen molar-refractivity contribution >= 4 is 5.78 Å². The lowest BCUT2D eigenvalue weighted by atomic mass is 9.96. The van der Waals surface area contributed by atoms with Gasteiger partial charge in [0.25, 0.3) is 0 Å². The molecular formula is C8H14O2. The third-order valence-corrected chi connectivity index (χ3v) is 1.59. The van der Waals surface area contributed by atoms with Crippen LogP contribution in [0.3, 0.4) is 0 Å². The summed E-state index contributed by atoms with van der Waals surface area (Å²) in [5, 5.41) is 9.33. The van der Waals surface area contributed by atoms with Gasteiger partial charge in [-0.15, -0.1) is 6.58 Å². The van der Waals surface area contributed by atoms with Gasteiger partial charge >= 0.3 is 0 Å². The van der Waals surface area contributed by atoms with E-state index in [1.165, 1.54) is 13.8 Å². The zero-order chi connectivity index (χ0) is 8.20. The number of carbonyl (C=O) groups is 1. The van der Waals surface area contributed by atoms with Crippen LogP contribution >= 0.6 is 0 Å². The Labute approximate surface area is 61.6 Å². The van der Waals surface area contributed by atoms with E-state index in [1.807, 2.05) is 0 Å². The van der Waals surface area contributed by atoms with Crippen LogP contribution in [0.15, 0.2) is 12.7 Å². The van der Waals surface area contributed by atoms with Gasteiger partial charge in [0, 0.05) is 0 Å². The van der Waals surface area contributed by atoms with Crippen LogP contribution in [0.25, 0.3) is 0 Å². The molecular weight excluding hydrogens is 128 g/mol. The van der Waals surface area contributed by atoms with Crippen LogP contribution in [0.5, 0.6) is 0 Å². The van der Waals surface area contributed by atoms with Crippen LogP contribution in [0.2, 0.25) is 0 Å². The maximum absolute atomic E-state index is 10.7. The summed E-state index contributed by atoms with van der Waals surface area (Å²) in [4.78, 5) is 10.7. The van der Waals surface area contributed by atoms with Crippen LogP contribution in [0.1, 0.15) is 26.7 Å². The van der Waals surface area contributed by atoms with Gasteiger partial charge in [0.1, 0.15) is 5.60 Å². The van der Waals surface area contributed by atoms with Gasteiger partial charge in [0.2, 0.25) is 0 Å². The molecule has 0 rings (SSSR count). The average molecular weight is 142 g/mol. The number of allylic oxidation sites excluding steroid dienone is 1. The molecule has 0 aromatic carbocycles. The third kappa shape index (κ3) is 2.78. The molecule has 1 N–H and O–H groups in total. The number of Topliss-reactive ketones (excluding diaryl/α,β-unsaturated/α-hetero) is 1. The zero-order valence-electron chi connectivity index (χ0n) is 6.55. The van der Waals surface area contributed by atoms with Gasteiger partial charge in [-0.2, -0.15) is 0 Å². The van der Waals surface area contributed by atoms with Crippen LogP contribution in [-0.2, 0) is 4.79 Å². The fraction of sp³-hybridized carbons (Fsp3) is 0.625. The highest BCUT2D eigenvalue weighted by Gasteiger charge is 2.24. The van der Waals surface area contributed by atoms with Crippen LogP contribution in [-0.4, -0.2) is 16.5 Å². The molecule has 0 aromatic heterocycles. The van der Waals surface area contributed by atoms with E-state index >= 15 is 0 Å². The molecule has 0 saturated heterocycles. The van der Waals surface area contributed by atoms with E-state index in [2.05, 4.69) is 6.58 Å². The van der Waals surface area contributed by atoms with Crippen LogP contribution < -0.4 is 0 Å². The Morgan fingerprint density at radius 3 is 2.60 bits per heavy atom. The third-order valence-electron chi connectivity index (χ3n) is 1.59. The molecule has 0 bridgehead atoms. The van der Waals surface area contributed by atoms with E-state index in [-0.39, 0.29) is 5.78 Å². The quantitative estimate of drug-likeness (QED) is 0.600. The van der Waals surface area contributed by atoms with Crippen molar-refractivity contribution in [2.45, 2.75) is 32.3 Å². The normalized spacial score (nSPS) is 15.9. The van der Waals surface area contributed by atoms with Crippen molar-refractivity contribution in [3.05, 3.63) is 12.7 Å². The summed E-state index contributed by atoms with van der Waals surface area (Å²) in [6.07, 6.45) is 2.83. The molecule has 2 nitrogen and oxygen atoms in total. The number of rotatable bonds is 4. The minimum absolute atomic E-state index is 0.186. The smallest absolute Gasteiger partial charge is 0.160 e. The molecule has 0 saturated carbocycles. The maximum atomic E-state index is 10.7. The maximum Gasteiger partial charge on any atom is 0.160 e. The minimum atomic E-state index is -1.16. The number of ketones is 1. The lowest BCUT2D eigenvalue weighted by Crippen LogP contribution is -2.32. The molecule has 0 fully saturated rings. The van der Waals surface area contributed by atoms with Crippen molar-refractivity contribution in [3.63, 3.8) is 0 Å². The number of hydrogen-bond acceptors (Lipinski definition) is 2. The standard InChI is InChI=1S/C8H14O2/c1-4-5-6-8(3,10)7(2)9/h4,10H,1,5-6H2,2-3H3. The van der Waals surface area contributed by atoms with Crippen molar-refractivity contribution in [1.82, 2.24) is 0 Å². The monoisotopic (exact) mass is 142 g/mol. The largest absolute Gasteiger partial charge is 0.382 e. The predicted octanol–water partition coefficient (Wildman–Crippen LogP) is 1.29. The summed E-state index contributed by atoms with van der Waals surface area (Å²) in [7, 11) is 0. The van der Waals surface area contributed by atoms with Gasteiger partial charge in [-0.05, 0) is 26.7 Å². The van der Waals surface area contributed by atoms with Crippen molar-refractivity contribution in [3.8, 4) is 0 Å². The minimum Gasteiger partial charge on any atom is -0.382 e. The summed E-state index contributed by atoms with van der Waals surface area (Å²) < 4.78 is 0. The Morgan fingerprint density at radius 1 is 1.80 bits per heavy atom. The zero-order valence-corrected chi connectivity index (χ0v) is 6.55. The van der Waals surface area contributed by atoms with E-state index in [4.69, 9.17) is 0 Å². The molecule has 10 heavy (non-hydrogen) atoms. The van der Waals surface area contributed by atoms with Crippen molar-refractivity contribution < 1.29 is 9.90 Å². The van der Waals surface area contributed by atoms with E-state index in [9.17, 15) is 9.90 Å². The Balaban J connectivity index is 3.86. The first-order valence-electron chi connectivity index (χ1n) is 3.35. The highest BCUT2D eigenvalue weighted by molar-refractivity contribution is 5.84. The first kappa shape index (κ1) is 9.37. The number of hydrogen-bond donors (Lipinski definition) is 1. The molecule has 0 aromatic rings. The average Bonchev–Trinajstić information content (AvgIpc) is 1.84. The summed E-state index contributed by atoms with van der Waals surface area (Å²) in [6.45, 7) is 6.42. The number of aliphatic hydroxyl groups is 1. The fourth-order valence-corrected chi connectivity index (χ4v) is 0.559. The van der Waals surface area contributed by atoms with E-state index in [0.29, 0.717) is 12.8 Å². The van der Waals surface area contributed by atoms with Gasteiger partial charge in [0.15, 0.2) is 5.78 Å². The number of carbonyl (C=O) groups excluding carboxylic acids is 1. The second-order valence-corrected chi connectivity index (χ2v) is 2.66. The fourth-order valence-electron chi connectivity index (χ4n) is 0.559. The second kappa shape index (κ2) is 3.52.